The molecule has 0 fully saturated rings. The molecule has 1 aromatic heterocycles. The molecule has 1 aromatic carbocycles. The zero-order chi connectivity index (χ0) is 14.5. The van der Waals surface area contributed by atoms with Crippen molar-refractivity contribution in [2.45, 2.75) is 32.7 Å². The molecule has 0 unspecified atom stereocenters. The lowest BCUT2D eigenvalue weighted by Gasteiger charge is -2.32. The molecular weight excluding hydrogens is 336 g/mol. The first kappa shape index (κ1) is 15.6. The monoisotopic (exact) mass is 354 g/mol. The summed E-state index contributed by atoms with van der Waals surface area (Å²) in [6, 6.07) is 8.78. The number of alkyl halides is 1. The van der Waals surface area contributed by atoms with Crippen LogP contribution in [0.3, 0.4) is 0 Å². The highest BCUT2D eigenvalue weighted by atomic mass is 79.9. The van der Waals surface area contributed by atoms with E-state index in [2.05, 4.69) is 63.9 Å². The van der Waals surface area contributed by atoms with E-state index in [9.17, 15) is 0 Å². The van der Waals surface area contributed by atoms with Gasteiger partial charge in [0.25, 0.3) is 0 Å². The van der Waals surface area contributed by atoms with Crippen LogP contribution in [-0.2, 0) is 0 Å². The van der Waals surface area contributed by atoms with Crippen LogP contribution in [0, 0.1) is 0 Å². The van der Waals surface area contributed by atoms with E-state index in [4.69, 9.17) is 11.6 Å². The van der Waals surface area contributed by atoms with Crippen LogP contribution in [0.25, 0.3) is 10.8 Å². The summed E-state index contributed by atoms with van der Waals surface area (Å²) in [5, 5.41) is 2.38. The molecule has 0 amide bonds. The average molecular weight is 356 g/mol. The van der Waals surface area contributed by atoms with Crippen LogP contribution in [0.15, 0.2) is 34.9 Å². The maximum atomic E-state index is 6.01. The molecule has 0 aliphatic carbocycles. The van der Waals surface area contributed by atoms with Gasteiger partial charge in [-0.2, -0.15) is 0 Å². The molecule has 108 valence electrons. The first-order valence-corrected chi connectivity index (χ1v) is 8.41. The number of rotatable bonds is 6. The van der Waals surface area contributed by atoms with Gasteiger partial charge in [0.05, 0.1) is 0 Å². The maximum absolute atomic E-state index is 6.01. The Morgan fingerprint density at radius 2 is 1.95 bits per heavy atom. The summed E-state index contributed by atoms with van der Waals surface area (Å²) < 4.78 is 1.11. The van der Waals surface area contributed by atoms with E-state index in [0.29, 0.717) is 11.9 Å². The van der Waals surface area contributed by atoms with Gasteiger partial charge in [0.2, 0.25) is 0 Å². The summed E-state index contributed by atoms with van der Waals surface area (Å²) in [5.74, 6) is 1.65. The highest BCUT2D eigenvalue weighted by molar-refractivity contribution is 9.10. The van der Waals surface area contributed by atoms with Gasteiger partial charge in [0.1, 0.15) is 5.82 Å². The molecule has 0 aliphatic rings. The minimum atomic E-state index is 0.478. The summed E-state index contributed by atoms with van der Waals surface area (Å²) in [5.41, 5.74) is 0. The Balaban J connectivity index is 2.55. The summed E-state index contributed by atoms with van der Waals surface area (Å²) >= 11 is 9.63. The van der Waals surface area contributed by atoms with Crippen molar-refractivity contribution in [1.29, 1.82) is 0 Å². The van der Waals surface area contributed by atoms with Crippen LogP contribution in [0.1, 0.15) is 26.7 Å². The van der Waals surface area contributed by atoms with Crippen molar-refractivity contribution in [3.63, 3.8) is 0 Å². The molecule has 0 atom stereocenters. The number of nitrogens with zero attached hydrogens (tertiary/aromatic N) is 2. The Morgan fingerprint density at radius 3 is 2.60 bits per heavy atom. The summed E-state index contributed by atoms with van der Waals surface area (Å²) in [6.45, 7) is 5.26. The van der Waals surface area contributed by atoms with Gasteiger partial charge in [-0.3, -0.25) is 0 Å². The molecule has 0 saturated heterocycles. The number of anilines is 1. The van der Waals surface area contributed by atoms with Gasteiger partial charge >= 0.3 is 0 Å². The highest BCUT2D eigenvalue weighted by Crippen LogP contribution is 2.31. The molecule has 2 rings (SSSR count). The first-order valence-electron chi connectivity index (χ1n) is 7.08. The second-order valence-corrected chi connectivity index (χ2v) is 6.05. The number of aromatic nitrogens is 1. The van der Waals surface area contributed by atoms with Crippen molar-refractivity contribution in [2.24, 2.45) is 0 Å². The molecule has 0 bridgehead atoms. The summed E-state index contributed by atoms with van der Waals surface area (Å²) in [4.78, 5) is 6.98. The van der Waals surface area contributed by atoms with E-state index in [-0.39, 0.29) is 0 Å². The molecule has 0 spiro atoms. The lowest BCUT2D eigenvalue weighted by molar-refractivity contribution is 0.564. The lowest BCUT2D eigenvalue weighted by Crippen LogP contribution is -2.36. The normalized spacial score (nSPS) is 11.2. The molecule has 4 heteroatoms. The van der Waals surface area contributed by atoms with Crippen LogP contribution in [0.4, 0.5) is 5.82 Å². The first-order chi connectivity index (χ1) is 9.72. The van der Waals surface area contributed by atoms with Crippen molar-refractivity contribution in [3.8, 4) is 0 Å². The Kier molecular flexibility index (Phi) is 5.67. The zero-order valence-electron chi connectivity index (χ0n) is 11.9. The number of pyridine rings is 1. The fraction of sp³-hybridized carbons (Fsp3) is 0.438. The molecule has 0 saturated carbocycles. The van der Waals surface area contributed by atoms with Crippen LogP contribution >= 0.6 is 27.5 Å². The van der Waals surface area contributed by atoms with E-state index in [0.717, 1.165) is 29.7 Å². The fourth-order valence-corrected chi connectivity index (χ4v) is 3.34. The third kappa shape index (κ3) is 3.09. The predicted octanol–water partition coefficient (Wildman–Crippen LogP) is 5.23. The van der Waals surface area contributed by atoms with Gasteiger partial charge in [-0.05, 0) is 25.0 Å². The van der Waals surface area contributed by atoms with E-state index in [1.165, 1.54) is 10.8 Å². The van der Waals surface area contributed by atoms with Gasteiger partial charge in [-0.15, -0.1) is 11.6 Å². The fourth-order valence-electron chi connectivity index (χ4n) is 2.66. The van der Waals surface area contributed by atoms with Crippen LogP contribution in [-0.4, -0.2) is 23.5 Å². The van der Waals surface area contributed by atoms with Crippen molar-refractivity contribution in [2.75, 3.05) is 17.3 Å². The number of halogens is 2. The number of benzene rings is 1. The third-order valence-corrected chi connectivity index (χ3v) is 4.57. The van der Waals surface area contributed by atoms with Gasteiger partial charge in [0.15, 0.2) is 0 Å². The zero-order valence-corrected chi connectivity index (χ0v) is 14.3. The number of hydrogen-bond acceptors (Lipinski definition) is 2. The van der Waals surface area contributed by atoms with Gasteiger partial charge < -0.3 is 4.90 Å². The minimum Gasteiger partial charge on any atom is -0.352 e. The summed E-state index contributed by atoms with van der Waals surface area (Å²) in [6.07, 6.45) is 4.07. The number of hydrogen-bond donors (Lipinski definition) is 0. The average Bonchev–Trinajstić information content (AvgIpc) is 2.47. The quantitative estimate of drug-likeness (QED) is 0.659. The van der Waals surface area contributed by atoms with E-state index < -0.39 is 0 Å². The smallest absolute Gasteiger partial charge is 0.136 e. The van der Waals surface area contributed by atoms with Crippen molar-refractivity contribution in [1.82, 2.24) is 4.98 Å². The Labute approximate surface area is 134 Å². The van der Waals surface area contributed by atoms with Crippen molar-refractivity contribution < 1.29 is 0 Å². The van der Waals surface area contributed by atoms with Crippen molar-refractivity contribution in [3.05, 3.63) is 34.9 Å². The van der Waals surface area contributed by atoms with Crippen LogP contribution in [0.2, 0.25) is 0 Å². The maximum Gasteiger partial charge on any atom is 0.136 e. The molecule has 2 aromatic rings. The molecule has 0 aliphatic heterocycles. The third-order valence-electron chi connectivity index (χ3n) is 3.71. The molecular formula is C16H20BrClN2. The van der Waals surface area contributed by atoms with Crippen molar-refractivity contribution >= 4 is 44.1 Å². The predicted molar refractivity (Wildman–Crippen MR) is 91.9 cm³/mol. The van der Waals surface area contributed by atoms with E-state index in [1.807, 2.05) is 6.20 Å². The molecule has 20 heavy (non-hydrogen) atoms. The number of fused-ring (bicyclic) bond motifs is 1. The molecule has 0 radical (unpaired) electrons. The lowest BCUT2D eigenvalue weighted by atomic mass is 10.1. The standard InChI is InChI=1S/C16H20BrClN2/c1-3-12(4-2)20(11-9-18)16-14-6-5-7-15(17)13(14)8-10-19-16/h5-8,10,12H,3-4,9,11H2,1-2H3. The second-order valence-electron chi connectivity index (χ2n) is 4.82. The van der Waals surface area contributed by atoms with E-state index in [1.54, 1.807) is 0 Å². The second kappa shape index (κ2) is 7.28. The Bertz CT molecular complexity index is 569. The molecule has 0 N–H and O–H groups in total. The molecule has 1 heterocycles. The minimum absolute atomic E-state index is 0.478. The van der Waals surface area contributed by atoms with Gasteiger partial charge in [-0.1, -0.05) is 41.9 Å². The highest BCUT2D eigenvalue weighted by Gasteiger charge is 2.18. The van der Waals surface area contributed by atoms with E-state index >= 15 is 0 Å². The van der Waals surface area contributed by atoms with Gasteiger partial charge in [0, 0.05) is 39.9 Å². The van der Waals surface area contributed by atoms with Crippen LogP contribution in [0.5, 0.6) is 0 Å². The Hall–Kier alpha value is -0.800. The Morgan fingerprint density at radius 1 is 1.20 bits per heavy atom. The topological polar surface area (TPSA) is 16.1 Å². The van der Waals surface area contributed by atoms with Crippen LogP contribution < -0.4 is 4.90 Å². The summed E-state index contributed by atoms with van der Waals surface area (Å²) in [7, 11) is 0. The SMILES string of the molecule is CCC(CC)N(CCCl)c1nccc2c(Br)cccc12. The van der Waals surface area contributed by atoms with Gasteiger partial charge in [-0.25, -0.2) is 4.98 Å². The largest absolute Gasteiger partial charge is 0.352 e. The molecule has 2 nitrogen and oxygen atoms in total.